The Morgan fingerprint density at radius 2 is 1.58 bits per heavy atom. The minimum absolute atomic E-state index is 0.0113. The SMILES string of the molecule is CC1(C)CC(C)(C)CC(O)(c2ccc(Cl)cc2F)C1. The lowest BCUT2D eigenvalue weighted by molar-refractivity contribution is -0.0931. The highest BCUT2D eigenvalue weighted by atomic mass is 35.5. The monoisotopic (exact) mass is 284 g/mol. The van der Waals surface area contributed by atoms with Crippen molar-refractivity contribution in [2.24, 2.45) is 10.8 Å². The summed E-state index contributed by atoms with van der Waals surface area (Å²) < 4.78 is 14.1. The van der Waals surface area contributed by atoms with Gasteiger partial charge in [0.15, 0.2) is 0 Å². The van der Waals surface area contributed by atoms with Crippen molar-refractivity contribution < 1.29 is 9.50 Å². The highest BCUT2D eigenvalue weighted by Crippen LogP contribution is 2.54. The van der Waals surface area contributed by atoms with E-state index in [2.05, 4.69) is 27.7 Å². The third kappa shape index (κ3) is 3.11. The molecule has 1 N–H and O–H groups in total. The van der Waals surface area contributed by atoms with Crippen molar-refractivity contribution in [1.82, 2.24) is 0 Å². The summed E-state index contributed by atoms with van der Waals surface area (Å²) in [6.07, 6.45) is 2.17. The lowest BCUT2D eigenvalue weighted by atomic mass is 9.58. The second-order valence-corrected chi connectivity index (χ2v) is 7.95. The Morgan fingerprint density at radius 1 is 1.05 bits per heavy atom. The third-order valence-corrected chi connectivity index (χ3v) is 4.17. The molecule has 0 aromatic heterocycles. The van der Waals surface area contributed by atoms with Crippen LogP contribution in [0.25, 0.3) is 0 Å². The zero-order chi connectivity index (χ0) is 14.5. The van der Waals surface area contributed by atoms with E-state index in [4.69, 9.17) is 11.6 Å². The zero-order valence-corrected chi connectivity index (χ0v) is 12.8. The van der Waals surface area contributed by atoms with Crippen LogP contribution in [0.5, 0.6) is 0 Å². The van der Waals surface area contributed by atoms with Gasteiger partial charge < -0.3 is 5.11 Å². The Balaban J connectivity index is 2.46. The highest BCUT2D eigenvalue weighted by molar-refractivity contribution is 6.30. The van der Waals surface area contributed by atoms with Gasteiger partial charge in [-0.2, -0.15) is 0 Å². The summed E-state index contributed by atoms with van der Waals surface area (Å²) >= 11 is 5.79. The summed E-state index contributed by atoms with van der Waals surface area (Å²) in [6, 6.07) is 4.55. The number of benzene rings is 1. The summed E-state index contributed by atoms with van der Waals surface area (Å²) in [6.45, 7) is 8.53. The van der Waals surface area contributed by atoms with E-state index in [9.17, 15) is 9.50 Å². The second kappa shape index (κ2) is 4.46. The molecule has 0 spiro atoms. The molecule has 1 aliphatic carbocycles. The topological polar surface area (TPSA) is 20.2 Å². The smallest absolute Gasteiger partial charge is 0.130 e. The molecule has 19 heavy (non-hydrogen) atoms. The molecule has 0 heterocycles. The van der Waals surface area contributed by atoms with Gasteiger partial charge in [0.2, 0.25) is 0 Å². The predicted octanol–water partition coefficient (Wildman–Crippen LogP) is 4.90. The molecule has 1 fully saturated rings. The van der Waals surface area contributed by atoms with Gasteiger partial charge in [0.25, 0.3) is 0 Å². The lowest BCUT2D eigenvalue weighted by Crippen LogP contribution is -2.44. The molecular weight excluding hydrogens is 263 g/mol. The number of hydrogen-bond acceptors (Lipinski definition) is 1. The van der Waals surface area contributed by atoms with Gasteiger partial charge in [0, 0.05) is 10.6 Å². The van der Waals surface area contributed by atoms with Crippen LogP contribution in [0.15, 0.2) is 18.2 Å². The first-order valence-electron chi connectivity index (χ1n) is 6.71. The highest BCUT2D eigenvalue weighted by Gasteiger charge is 2.48. The molecule has 0 unspecified atom stereocenters. The Labute approximate surface area is 119 Å². The average molecular weight is 285 g/mol. The normalized spacial score (nSPS) is 24.2. The molecule has 0 amide bonds. The van der Waals surface area contributed by atoms with Gasteiger partial charge in [-0.1, -0.05) is 45.4 Å². The van der Waals surface area contributed by atoms with Gasteiger partial charge in [-0.05, 0) is 42.2 Å². The molecule has 1 aliphatic rings. The molecule has 0 saturated heterocycles. The van der Waals surface area contributed by atoms with E-state index in [-0.39, 0.29) is 10.8 Å². The van der Waals surface area contributed by atoms with E-state index in [1.807, 2.05) is 0 Å². The summed E-state index contributed by atoms with van der Waals surface area (Å²) in [5.74, 6) is -0.413. The fourth-order valence-corrected chi connectivity index (χ4v) is 4.28. The quantitative estimate of drug-likeness (QED) is 0.777. The molecule has 1 aromatic rings. The van der Waals surface area contributed by atoms with E-state index in [1.165, 1.54) is 6.07 Å². The molecule has 0 atom stereocenters. The number of halogens is 2. The average Bonchev–Trinajstić information content (AvgIpc) is 2.09. The van der Waals surface area contributed by atoms with E-state index in [1.54, 1.807) is 12.1 Å². The Kier molecular flexibility index (Phi) is 3.47. The van der Waals surface area contributed by atoms with Gasteiger partial charge in [-0.25, -0.2) is 4.39 Å². The maximum Gasteiger partial charge on any atom is 0.130 e. The van der Waals surface area contributed by atoms with Gasteiger partial charge in [-0.15, -0.1) is 0 Å². The van der Waals surface area contributed by atoms with Crippen molar-refractivity contribution in [3.05, 3.63) is 34.6 Å². The summed E-state index contributed by atoms with van der Waals surface area (Å²) in [4.78, 5) is 0. The molecule has 106 valence electrons. The molecular formula is C16H22ClFO. The van der Waals surface area contributed by atoms with Crippen LogP contribution in [0.4, 0.5) is 4.39 Å². The predicted molar refractivity (Wildman–Crippen MR) is 76.7 cm³/mol. The third-order valence-electron chi connectivity index (χ3n) is 3.93. The van der Waals surface area contributed by atoms with E-state index < -0.39 is 11.4 Å². The minimum atomic E-state index is -1.11. The molecule has 0 aliphatic heterocycles. The Morgan fingerprint density at radius 3 is 2.05 bits per heavy atom. The second-order valence-electron chi connectivity index (χ2n) is 7.51. The van der Waals surface area contributed by atoms with Gasteiger partial charge >= 0.3 is 0 Å². The summed E-state index contributed by atoms with van der Waals surface area (Å²) in [5, 5.41) is 11.4. The summed E-state index contributed by atoms with van der Waals surface area (Å²) in [7, 11) is 0. The van der Waals surface area contributed by atoms with Crippen LogP contribution in [-0.4, -0.2) is 5.11 Å². The van der Waals surface area contributed by atoms with Crippen molar-refractivity contribution in [3.8, 4) is 0 Å². The van der Waals surface area contributed by atoms with E-state index in [0.717, 1.165) is 6.42 Å². The standard InChI is InChI=1S/C16H22ClFO/c1-14(2)8-15(3,4)10-16(19,9-14)12-6-5-11(17)7-13(12)18/h5-7,19H,8-10H2,1-4H3. The van der Waals surface area contributed by atoms with E-state index in [0.29, 0.717) is 23.4 Å². The Bertz CT molecular complexity index is 478. The van der Waals surface area contributed by atoms with Crippen LogP contribution in [0.2, 0.25) is 5.02 Å². The summed E-state index contributed by atoms with van der Waals surface area (Å²) in [5.41, 5.74) is -0.761. The Hall–Kier alpha value is -0.600. The number of aliphatic hydroxyl groups is 1. The van der Waals surface area contributed by atoms with Crippen molar-refractivity contribution in [2.45, 2.75) is 52.6 Å². The molecule has 3 heteroatoms. The van der Waals surface area contributed by atoms with Gasteiger partial charge in [0.05, 0.1) is 5.60 Å². The van der Waals surface area contributed by atoms with Crippen molar-refractivity contribution in [3.63, 3.8) is 0 Å². The lowest BCUT2D eigenvalue weighted by Gasteiger charge is -2.49. The first-order chi connectivity index (χ1) is 8.53. The number of rotatable bonds is 1. The maximum atomic E-state index is 14.1. The molecule has 0 bridgehead atoms. The van der Waals surface area contributed by atoms with Crippen LogP contribution < -0.4 is 0 Å². The van der Waals surface area contributed by atoms with Crippen LogP contribution >= 0.6 is 11.6 Å². The number of hydrogen-bond donors (Lipinski definition) is 1. The molecule has 1 nitrogen and oxygen atoms in total. The maximum absolute atomic E-state index is 14.1. The molecule has 2 rings (SSSR count). The first-order valence-corrected chi connectivity index (χ1v) is 7.09. The molecule has 1 saturated carbocycles. The van der Waals surface area contributed by atoms with Crippen LogP contribution in [-0.2, 0) is 5.60 Å². The van der Waals surface area contributed by atoms with Crippen molar-refractivity contribution >= 4 is 11.6 Å². The fraction of sp³-hybridized carbons (Fsp3) is 0.625. The van der Waals surface area contributed by atoms with Crippen molar-refractivity contribution in [2.75, 3.05) is 0 Å². The van der Waals surface area contributed by atoms with Crippen molar-refractivity contribution in [1.29, 1.82) is 0 Å². The van der Waals surface area contributed by atoms with Gasteiger partial charge in [0.1, 0.15) is 5.82 Å². The molecule has 0 radical (unpaired) electrons. The first kappa shape index (κ1) is 14.8. The largest absolute Gasteiger partial charge is 0.385 e. The van der Waals surface area contributed by atoms with Crippen LogP contribution in [0, 0.1) is 16.6 Å². The van der Waals surface area contributed by atoms with Crippen LogP contribution in [0.3, 0.4) is 0 Å². The fourth-order valence-electron chi connectivity index (χ4n) is 4.12. The van der Waals surface area contributed by atoms with E-state index >= 15 is 0 Å². The minimum Gasteiger partial charge on any atom is -0.385 e. The van der Waals surface area contributed by atoms with Crippen LogP contribution in [0.1, 0.15) is 52.5 Å². The molecule has 1 aromatic carbocycles. The van der Waals surface area contributed by atoms with Gasteiger partial charge in [-0.3, -0.25) is 0 Å². The zero-order valence-electron chi connectivity index (χ0n) is 12.1.